The number of morpholine rings is 1. The van der Waals surface area contributed by atoms with Gasteiger partial charge in [-0.25, -0.2) is 13.2 Å². The fraction of sp³-hybridized carbons (Fsp3) is 0.364. The number of ether oxygens (including phenoxy) is 1. The molecule has 0 unspecified atom stereocenters. The summed E-state index contributed by atoms with van der Waals surface area (Å²) in [6.45, 7) is 3.89. The second-order valence-electron chi connectivity index (χ2n) is 7.30. The van der Waals surface area contributed by atoms with Gasteiger partial charge in [0.1, 0.15) is 0 Å². The lowest BCUT2D eigenvalue weighted by Gasteiger charge is -2.26. The molecule has 9 nitrogen and oxygen atoms in total. The Balaban J connectivity index is 1.45. The van der Waals surface area contributed by atoms with Gasteiger partial charge < -0.3 is 20.7 Å². The first-order chi connectivity index (χ1) is 15.4. The summed E-state index contributed by atoms with van der Waals surface area (Å²) in [7, 11) is -3.53. The first-order valence-electron chi connectivity index (χ1n) is 10.5. The standard InChI is InChI=1S/C22H28N4O5S/c1-2-21(27)25-19-7-3-17(4-8-19)15-23-22(28)24-16-18-5-9-20(10-6-18)32(29,30)26-11-13-31-14-12-26/h3-10H,2,11-16H2,1H3,(H,25,27)(H2,23,24,28). The number of carbonyl (C=O) groups excluding carboxylic acids is 2. The molecule has 0 radical (unpaired) electrons. The van der Waals surface area contributed by atoms with Crippen LogP contribution in [0.2, 0.25) is 0 Å². The van der Waals surface area contributed by atoms with E-state index in [1.807, 2.05) is 12.1 Å². The predicted octanol–water partition coefficient (Wildman–Crippen LogP) is 2.06. The number of anilines is 1. The van der Waals surface area contributed by atoms with Gasteiger partial charge in [-0.2, -0.15) is 4.31 Å². The molecule has 3 rings (SSSR count). The lowest BCUT2D eigenvalue weighted by molar-refractivity contribution is -0.115. The van der Waals surface area contributed by atoms with Gasteiger partial charge in [-0.3, -0.25) is 4.79 Å². The Morgan fingerprint density at radius 3 is 1.97 bits per heavy atom. The van der Waals surface area contributed by atoms with Crippen LogP contribution in [-0.4, -0.2) is 51.0 Å². The van der Waals surface area contributed by atoms with Crippen LogP contribution in [-0.2, 0) is 32.6 Å². The Morgan fingerprint density at radius 1 is 0.906 bits per heavy atom. The first-order valence-corrected chi connectivity index (χ1v) is 11.9. The Morgan fingerprint density at radius 2 is 1.44 bits per heavy atom. The molecule has 3 N–H and O–H groups in total. The normalized spacial score (nSPS) is 14.5. The summed E-state index contributed by atoms with van der Waals surface area (Å²) in [5.74, 6) is -0.0537. The van der Waals surface area contributed by atoms with Gasteiger partial charge in [0.05, 0.1) is 18.1 Å². The zero-order valence-electron chi connectivity index (χ0n) is 18.0. The van der Waals surface area contributed by atoms with E-state index in [0.717, 1.165) is 11.1 Å². The van der Waals surface area contributed by atoms with Crippen molar-refractivity contribution in [1.29, 1.82) is 0 Å². The van der Waals surface area contributed by atoms with E-state index < -0.39 is 10.0 Å². The quantitative estimate of drug-likeness (QED) is 0.558. The number of nitrogens with one attached hydrogen (secondary N) is 3. The van der Waals surface area contributed by atoms with Crippen molar-refractivity contribution in [3.05, 3.63) is 59.7 Å². The van der Waals surface area contributed by atoms with Crippen molar-refractivity contribution in [2.75, 3.05) is 31.6 Å². The van der Waals surface area contributed by atoms with E-state index >= 15 is 0 Å². The van der Waals surface area contributed by atoms with Crippen LogP contribution in [0.15, 0.2) is 53.4 Å². The SMILES string of the molecule is CCC(=O)Nc1ccc(CNC(=O)NCc2ccc(S(=O)(=O)N3CCOCC3)cc2)cc1. The molecule has 3 amide bonds. The molecule has 10 heteroatoms. The average molecular weight is 461 g/mol. The molecule has 0 spiro atoms. The molecule has 0 atom stereocenters. The molecule has 2 aromatic carbocycles. The summed E-state index contributed by atoms with van der Waals surface area (Å²) in [5.41, 5.74) is 2.40. The van der Waals surface area contributed by atoms with E-state index in [4.69, 9.17) is 4.74 Å². The van der Waals surface area contributed by atoms with Crippen molar-refractivity contribution in [2.24, 2.45) is 0 Å². The van der Waals surface area contributed by atoms with Crippen LogP contribution in [0.3, 0.4) is 0 Å². The van der Waals surface area contributed by atoms with Gasteiger partial charge in [0.2, 0.25) is 15.9 Å². The number of nitrogens with zero attached hydrogens (tertiary/aromatic N) is 1. The van der Waals surface area contributed by atoms with Crippen LogP contribution in [0.5, 0.6) is 0 Å². The van der Waals surface area contributed by atoms with Crippen molar-refractivity contribution in [1.82, 2.24) is 14.9 Å². The van der Waals surface area contributed by atoms with Crippen LogP contribution in [0, 0.1) is 0 Å². The lowest BCUT2D eigenvalue weighted by Crippen LogP contribution is -2.40. The molecule has 0 saturated carbocycles. The van der Waals surface area contributed by atoms with Gasteiger partial charge >= 0.3 is 6.03 Å². The largest absolute Gasteiger partial charge is 0.379 e. The van der Waals surface area contributed by atoms with Gasteiger partial charge in [-0.1, -0.05) is 31.2 Å². The van der Waals surface area contributed by atoms with Crippen molar-refractivity contribution in [3.63, 3.8) is 0 Å². The highest BCUT2D eigenvalue weighted by Crippen LogP contribution is 2.17. The monoisotopic (exact) mass is 460 g/mol. The molecule has 0 aliphatic carbocycles. The maximum absolute atomic E-state index is 12.6. The highest BCUT2D eigenvalue weighted by atomic mass is 32.2. The molecule has 0 bridgehead atoms. The van der Waals surface area contributed by atoms with Crippen LogP contribution in [0.1, 0.15) is 24.5 Å². The van der Waals surface area contributed by atoms with E-state index in [1.54, 1.807) is 43.3 Å². The van der Waals surface area contributed by atoms with E-state index in [9.17, 15) is 18.0 Å². The Kier molecular flexibility index (Phi) is 8.20. The molecule has 172 valence electrons. The van der Waals surface area contributed by atoms with Crippen LogP contribution >= 0.6 is 0 Å². The number of carbonyl (C=O) groups is 2. The lowest BCUT2D eigenvalue weighted by atomic mass is 10.2. The van der Waals surface area contributed by atoms with Crippen molar-refractivity contribution >= 4 is 27.6 Å². The maximum Gasteiger partial charge on any atom is 0.315 e. The molecule has 2 aromatic rings. The van der Waals surface area contributed by atoms with Gasteiger partial charge in [-0.05, 0) is 35.4 Å². The zero-order chi connectivity index (χ0) is 23.0. The fourth-order valence-corrected chi connectivity index (χ4v) is 4.51. The predicted molar refractivity (Wildman–Crippen MR) is 120 cm³/mol. The third kappa shape index (κ3) is 6.52. The minimum atomic E-state index is -3.53. The number of urea groups is 1. The van der Waals surface area contributed by atoms with Gasteiger partial charge in [0.25, 0.3) is 0 Å². The summed E-state index contributed by atoms with van der Waals surface area (Å²) in [6, 6.07) is 13.4. The number of rotatable bonds is 8. The van der Waals surface area contributed by atoms with E-state index in [-0.39, 0.29) is 23.4 Å². The van der Waals surface area contributed by atoms with Crippen LogP contribution < -0.4 is 16.0 Å². The average Bonchev–Trinajstić information content (AvgIpc) is 2.83. The van der Waals surface area contributed by atoms with Crippen molar-refractivity contribution in [2.45, 2.75) is 31.3 Å². The van der Waals surface area contributed by atoms with Gasteiger partial charge in [0, 0.05) is 38.3 Å². The molecular formula is C22H28N4O5S. The van der Waals surface area contributed by atoms with Crippen molar-refractivity contribution in [3.8, 4) is 0 Å². The second-order valence-corrected chi connectivity index (χ2v) is 9.23. The Hall–Kier alpha value is -2.95. The van der Waals surface area contributed by atoms with Gasteiger partial charge in [0.15, 0.2) is 0 Å². The number of benzene rings is 2. The van der Waals surface area contributed by atoms with E-state index in [0.29, 0.717) is 45.0 Å². The second kappa shape index (κ2) is 11.1. The zero-order valence-corrected chi connectivity index (χ0v) is 18.8. The van der Waals surface area contributed by atoms with Gasteiger partial charge in [-0.15, -0.1) is 0 Å². The summed E-state index contributed by atoms with van der Waals surface area (Å²) in [6.07, 6.45) is 0.413. The van der Waals surface area contributed by atoms with E-state index in [2.05, 4.69) is 16.0 Å². The molecule has 1 aliphatic heterocycles. The number of hydrogen-bond acceptors (Lipinski definition) is 5. The Labute approximate surface area is 188 Å². The first kappa shape index (κ1) is 23.7. The third-order valence-electron chi connectivity index (χ3n) is 5.00. The fourth-order valence-electron chi connectivity index (χ4n) is 3.10. The molecule has 1 fully saturated rings. The van der Waals surface area contributed by atoms with Crippen molar-refractivity contribution < 1.29 is 22.7 Å². The molecule has 32 heavy (non-hydrogen) atoms. The topological polar surface area (TPSA) is 117 Å². The summed E-state index contributed by atoms with van der Waals surface area (Å²) in [4.78, 5) is 23.7. The maximum atomic E-state index is 12.6. The Bertz CT molecular complexity index is 1020. The highest BCUT2D eigenvalue weighted by Gasteiger charge is 2.26. The smallest absolute Gasteiger partial charge is 0.315 e. The highest BCUT2D eigenvalue weighted by molar-refractivity contribution is 7.89. The molecule has 1 saturated heterocycles. The number of amides is 3. The summed E-state index contributed by atoms with van der Waals surface area (Å²) < 4.78 is 31.9. The molecular weight excluding hydrogens is 432 g/mol. The summed E-state index contributed by atoms with van der Waals surface area (Å²) >= 11 is 0. The van der Waals surface area contributed by atoms with Crippen LogP contribution in [0.4, 0.5) is 10.5 Å². The number of sulfonamides is 1. The summed E-state index contributed by atoms with van der Waals surface area (Å²) in [5, 5.41) is 8.29. The number of hydrogen-bond donors (Lipinski definition) is 3. The third-order valence-corrected chi connectivity index (χ3v) is 6.91. The van der Waals surface area contributed by atoms with Crippen LogP contribution in [0.25, 0.3) is 0 Å². The molecule has 1 aliphatic rings. The minimum Gasteiger partial charge on any atom is -0.379 e. The minimum absolute atomic E-state index is 0.0537. The molecule has 1 heterocycles. The van der Waals surface area contributed by atoms with E-state index in [1.165, 1.54) is 4.31 Å². The molecule has 0 aromatic heterocycles.